The molecule has 96 valence electrons. The van der Waals surface area contributed by atoms with E-state index < -0.39 is 0 Å². The molecular formula is C15H20N2O. The van der Waals surface area contributed by atoms with E-state index in [9.17, 15) is 0 Å². The molecule has 2 N–H and O–H groups in total. The largest absolute Gasteiger partial charge is 0.377 e. The summed E-state index contributed by atoms with van der Waals surface area (Å²) in [4.78, 5) is 3.25. The van der Waals surface area contributed by atoms with Gasteiger partial charge in [0.05, 0.1) is 6.10 Å². The highest BCUT2D eigenvalue weighted by molar-refractivity contribution is 5.82. The van der Waals surface area contributed by atoms with Crippen LogP contribution in [0.15, 0.2) is 30.5 Å². The van der Waals surface area contributed by atoms with Crippen molar-refractivity contribution < 1.29 is 4.74 Å². The second-order valence-corrected chi connectivity index (χ2v) is 4.98. The monoisotopic (exact) mass is 244 g/mol. The highest BCUT2D eigenvalue weighted by atomic mass is 16.5. The number of nitrogens with one attached hydrogen (secondary N) is 2. The Morgan fingerprint density at radius 1 is 1.28 bits per heavy atom. The molecule has 0 radical (unpaired) electrons. The predicted octanol–water partition coefficient (Wildman–Crippen LogP) is 2.83. The molecule has 0 saturated carbocycles. The molecule has 1 aliphatic heterocycles. The molecule has 3 rings (SSSR count). The van der Waals surface area contributed by atoms with Crippen LogP contribution in [0.3, 0.4) is 0 Å². The molecule has 2 aromatic rings. The van der Waals surface area contributed by atoms with Gasteiger partial charge >= 0.3 is 0 Å². The molecule has 2 heterocycles. The van der Waals surface area contributed by atoms with Crippen molar-refractivity contribution in [1.82, 2.24) is 10.3 Å². The summed E-state index contributed by atoms with van der Waals surface area (Å²) in [6.07, 6.45) is 6.13. The van der Waals surface area contributed by atoms with Gasteiger partial charge in [-0.3, -0.25) is 0 Å². The maximum atomic E-state index is 5.72. The first kappa shape index (κ1) is 11.8. The van der Waals surface area contributed by atoms with Crippen LogP contribution in [0.5, 0.6) is 0 Å². The molecule has 1 unspecified atom stereocenters. The van der Waals surface area contributed by atoms with E-state index in [1.54, 1.807) is 0 Å². The third kappa shape index (κ3) is 2.57. The fraction of sp³-hybridized carbons (Fsp3) is 0.467. The van der Waals surface area contributed by atoms with Gasteiger partial charge in [-0.25, -0.2) is 0 Å². The number of benzene rings is 1. The van der Waals surface area contributed by atoms with Crippen LogP contribution in [0.4, 0.5) is 0 Å². The second-order valence-electron chi connectivity index (χ2n) is 4.98. The fourth-order valence-electron chi connectivity index (χ4n) is 2.64. The molecule has 1 atom stereocenters. The minimum absolute atomic E-state index is 0.407. The van der Waals surface area contributed by atoms with Gasteiger partial charge in [-0.05, 0) is 37.0 Å². The third-order valence-electron chi connectivity index (χ3n) is 3.65. The Bertz CT molecular complexity index is 500. The molecule has 0 bridgehead atoms. The quantitative estimate of drug-likeness (QED) is 0.867. The average molecular weight is 244 g/mol. The van der Waals surface area contributed by atoms with E-state index in [1.807, 2.05) is 6.20 Å². The van der Waals surface area contributed by atoms with Gasteiger partial charge in [0, 0.05) is 36.8 Å². The lowest BCUT2D eigenvalue weighted by Gasteiger charge is -2.22. The topological polar surface area (TPSA) is 37.0 Å². The molecular weight excluding hydrogens is 224 g/mol. The molecule has 0 amide bonds. The Kier molecular flexibility index (Phi) is 3.62. The molecule has 0 spiro atoms. The molecule has 1 aromatic heterocycles. The Morgan fingerprint density at radius 2 is 2.28 bits per heavy atom. The molecule has 18 heavy (non-hydrogen) atoms. The third-order valence-corrected chi connectivity index (χ3v) is 3.65. The van der Waals surface area contributed by atoms with Gasteiger partial charge in [-0.15, -0.1) is 0 Å². The summed E-state index contributed by atoms with van der Waals surface area (Å²) < 4.78 is 5.72. The van der Waals surface area contributed by atoms with E-state index in [4.69, 9.17) is 4.74 Å². The van der Waals surface area contributed by atoms with Crippen molar-refractivity contribution in [2.75, 3.05) is 13.2 Å². The second kappa shape index (κ2) is 5.55. The van der Waals surface area contributed by atoms with Crippen LogP contribution in [-0.2, 0) is 11.3 Å². The standard InChI is InChI=1S/C15H20N2O/c1-2-9-18-13(5-1)11-16-10-12-4-3-6-15-14(12)7-8-17-15/h3-4,6-8,13,16-17H,1-2,5,9-11H2. The van der Waals surface area contributed by atoms with Crippen LogP contribution in [-0.4, -0.2) is 24.2 Å². The van der Waals surface area contributed by atoms with Gasteiger partial charge in [0.1, 0.15) is 0 Å². The summed E-state index contributed by atoms with van der Waals surface area (Å²) in [5, 5.41) is 4.83. The summed E-state index contributed by atoms with van der Waals surface area (Å²) in [6, 6.07) is 8.55. The lowest BCUT2D eigenvalue weighted by molar-refractivity contribution is 0.0168. The summed E-state index contributed by atoms with van der Waals surface area (Å²) in [6.45, 7) is 2.80. The van der Waals surface area contributed by atoms with Gasteiger partial charge in [0.2, 0.25) is 0 Å². The number of ether oxygens (including phenoxy) is 1. The molecule has 1 fully saturated rings. The first-order valence-electron chi connectivity index (χ1n) is 6.81. The maximum absolute atomic E-state index is 5.72. The van der Waals surface area contributed by atoms with Crippen molar-refractivity contribution in [3.63, 3.8) is 0 Å². The highest BCUT2D eigenvalue weighted by Gasteiger charge is 2.13. The van der Waals surface area contributed by atoms with Crippen molar-refractivity contribution >= 4 is 10.9 Å². The van der Waals surface area contributed by atoms with Gasteiger partial charge in [-0.1, -0.05) is 12.1 Å². The lowest BCUT2D eigenvalue weighted by atomic mass is 10.1. The number of aromatic amines is 1. The van der Waals surface area contributed by atoms with Gasteiger partial charge in [0.25, 0.3) is 0 Å². The van der Waals surface area contributed by atoms with Crippen molar-refractivity contribution in [2.24, 2.45) is 0 Å². The van der Waals surface area contributed by atoms with Crippen molar-refractivity contribution in [3.8, 4) is 0 Å². The summed E-state index contributed by atoms with van der Waals surface area (Å²) in [5.74, 6) is 0. The lowest BCUT2D eigenvalue weighted by Crippen LogP contribution is -2.31. The number of aromatic nitrogens is 1. The minimum Gasteiger partial charge on any atom is -0.377 e. The van der Waals surface area contributed by atoms with E-state index in [2.05, 4.69) is 34.6 Å². The summed E-state index contributed by atoms with van der Waals surface area (Å²) in [7, 11) is 0. The number of fused-ring (bicyclic) bond motifs is 1. The first-order valence-corrected chi connectivity index (χ1v) is 6.81. The smallest absolute Gasteiger partial charge is 0.0699 e. The van der Waals surface area contributed by atoms with Crippen LogP contribution in [0.2, 0.25) is 0 Å². The number of hydrogen-bond donors (Lipinski definition) is 2. The zero-order valence-electron chi connectivity index (χ0n) is 10.6. The van der Waals surface area contributed by atoms with E-state index in [-0.39, 0.29) is 0 Å². The van der Waals surface area contributed by atoms with E-state index in [0.29, 0.717) is 6.10 Å². The van der Waals surface area contributed by atoms with Gasteiger partial charge in [-0.2, -0.15) is 0 Å². The molecule has 3 heteroatoms. The minimum atomic E-state index is 0.407. The summed E-state index contributed by atoms with van der Waals surface area (Å²) >= 11 is 0. The van der Waals surface area contributed by atoms with E-state index >= 15 is 0 Å². The zero-order chi connectivity index (χ0) is 12.2. The Balaban J connectivity index is 1.57. The van der Waals surface area contributed by atoms with Crippen LogP contribution in [0.1, 0.15) is 24.8 Å². The SMILES string of the molecule is c1cc(CNCC2CCCCO2)c2cc[nH]c2c1. The van der Waals surface area contributed by atoms with Crippen molar-refractivity contribution in [1.29, 1.82) is 0 Å². The predicted molar refractivity (Wildman–Crippen MR) is 73.6 cm³/mol. The van der Waals surface area contributed by atoms with Gasteiger partial charge in [0.15, 0.2) is 0 Å². The van der Waals surface area contributed by atoms with Crippen LogP contribution >= 0.6 is 0 Å². The van der Waals surface area contributed by atoms with Crippen molar-refractivity contribution in [3.05, 3.63) is 36.0 Å². The first-order chi connectivity index (χ1) is 8.93. The van der Waals surface area contributed by atoms with Crippen LogP contribution in [0, 0.1) is 0 Å². The maximum Gasteiger partial charge on any atom is 0.0699 e. The molecule has 1 saturated heterocycles. The van der Waals surface area contributed by atoms with E-state index in [1.165, 1.54) is 35.7 Å². The van der Waals surface area contributed by atoms with Crippen LogP contribution < -0.4 is 5.32 Å². The van der Waals surface area contributed by atoms with Crippen molar-refractivity contribution in [2.45, 2.75) is 31.9 Å². The molecule has 0 aliphatic carbocycles. The Hall–Kier alpha value is -1.32. The number of H-pyrrole nitrogens is 1. The molecule has 1 aromatic carbocycles. The highest BCUT2D eigenvalue weighted by Crippen LogP contribution is 2.17. The Labute approximate surface area is 108 Å². The normalized spacial score (nSPS) is 20.3. The molecule has 1 aliphatic rings. The molecule has 3 nitrogen and oxygen atoms in total. The summed E-state index contributed by atoms with van der Waals surface area (Å²) in [5.41, 5.74) is 2.56. The zero-order valence-corrected chi connectivity index (χ0v) is 10.6. The average Bonchev–Trinajstić information content (AvgIpc) is 2.89. The number of hydrogen-bond acceptors (Lipinski definition) is 2. The number of rotatable bonds is 4. The van der Waals surface area contributed by atoms with Crippen LogP contribution in [0.25, 0.3) is 10.9 Å². The van der Waals surface area contributed by atoms with Gasteiger partial charge < -0.3 is 15.0 Å². The fourth-order valence-corrected chi connectivity index (χ4v) is 2.64. The Morgan fingerprint density at radius 3 is 3.17 bits per heavy atom. The van der Waals surface area contributed by atoms with E-state index in [0.717, 1.165) is 19.7 Å².